The van der Waals surface area contributed by atoms with Crippen LogP contribution in [0, 0.1) is 6.92 Å². The van der Waals surface area contributed by atoms with Gasteiger partial charge in [-0.25, -0.2) is 0 Å². The minimum absolute atomic E-state index is 0.291. The van der Waals surface area contributed by atoms with E-state index in [1.807, 2.05) is 31.2 Å². The Morgan fingerprint density at radius 2 is 2.00 bits per heavy atom. The van der Waals surface area contributed by atoms with Gasteiger partial charge in [0.05, 0.1) is 24.9 Å². The van der Waals surface area contributed by atoms with Crippen molar-refractivity contribution in [3.05, 3.63) is 94.4 Å². The van der Waals surface area contributed by atoms with E-state index in [0.29, 0.717) is 28.6 Å². The summed E-state index contributed by atoms with van der Waals surface area (Å²) in [4.78, 5) is 27.4. The third-order valence-electron chi connectivity index (χ3n) is 5.29. The first kappa shape index (κ1) is 20.1. The fourth-order valence-corrected chi connectivity index (χ4v) is 3.85. The zero-order valence-corrected chi connectivity index (χ0v) is 17.1. The van der Waals surface area contributed by atoms with Crippen molar-refractivity contribution in [2.45, 2.75) is 25.5 Å². The van der Waals surface area contributed by atoms with Crippen LogP contribution in [-0.4, -0.2) is 16.8 Å². The van der Waals surface area contributed by atoms with Gasteiger partial charge in [0.15, 0.2) is 11.4 Å². The lowest BCUT2D eigenvalue weighted by Crippen LogP contribution is -2.41. The van der Waals surface area contributed by atoms with Gasteiger partial charge in [0.2, 0.25) is 0 Å². The Bertz CT molecular complexity index is 1140. The van der Waals surface area contributed by atoms with E-state index in [2.05, 4.69) is 0 Å². The van der Waals surface area contributed by atoms with Crippen LogP contribution >= 0.6 is 11.6 Å². The minimum atomic E-state index is -1.98. The van der Waals surface area contributed by atoms with Crippen LogP contribution in [0.4, 0.5) is 5.69 Å². The molecule has 1 atom stereocenters. The summed E-state index contributed by atoms with van der Waals surface area (Å²) in [7, 11) is 0. The first-order chi connectivity index (χ1) is 14.4. The Hall–Kier alpha value is -3.15. The van der Waals surface area contributed by atoms with Gasteiger partial charge in [0.1, 0.15) is 5.76 Å². The van der Waals surface area contributed by atoms with Crippen LogP contribution in [0.2, 0.25) is 5.02 Å². The molecule has 1 amide bonds. The molecule has 30 heavy (non-hydrogen) atoms. The molecule has 0 radical (unpaired) electrons. The Labute approximate surface area is 179 Å². The lowest BCUT2D eigenvalue weighted by atomic mass is 9.90. The molecule has 0 spiro atoms. The number of halogens is 1. The van der Waals surface area contributed by atoms with Crippen molar-refractivity contribution < 1.29 is 19.1 Å². The SMILES string of the molecule is Cc1ccccc1CN1C(=O)[C@](O)(CC(=O)/C=C\c2ccco2)c2cc(Cl)ccc21. The number of amides is 1. The summed E-state index contributed by atoms with van der Waals surface area (Å²) in [5.41, 5.74) is 0.910. The highest BCUT2D eigenvalue weighted by molar-refractivity contribution is 6.31. The summed E-state index contributed by atoms with van der Waals surface area (Å²) >= 11 is 6.14. The number of nitrogens with zero attached hydrogens (tertiary/aromatic N) is 1. The molecule has 0 saturated carbocycles. The topological polar surface area (TPSA) is 70.8 Å². The van der Waals surface area contributed by atoms with Crippen LogP contribution in [0.25, 0.3) is 6.08 Å². The van der Waals surface area contributed by atoms with Gasteiger partial charge >= 0.3 is 0 Å². The van der Waals surface area contributed by atoms with E-state index in [-0.39, 0.29) is 6.42 Å². The number of aliphatic hydroxyl groups is 1. The maximum atomic E-state index is 13.3. The number of anilines is 1. The van der Waals surface area contributed by atoms with E-state index < -0.39 is 17.3 Å². The van der Waals surface area contributed by atoms with Crippen LogP contribution in [0.5, 0.6) is 0 Å². The number of aryl methyl sites for hydroxylation is 1. The second-order valence-corrected chi connectivity index (χ2v) is 7.77. The van der Waals surface area contributed by atoms with Gasteiger partial charge in [0.25, 0.3) is 5.91 Å². The van der Waals surface area contributed by atoms with Crippen molar-refractivity contribution in [2.75, 3.05) is 4.90 Å². The van der Waals surface area contributed by atoms with Crippen LogP contribution in [0.1, 0.15) is 28.9 Å². The van der Waals surface area contributed by atoms with E-state index in [1.54, 1.807) is 30.3 Å². The highest BCUT2D eigenvalue weighted by atomic mass is 35.5. The molecule has 0 unspecified atom stereocenters. The van der Waals surface area contributed by atoms with Crippen molar-refractivity contribution in [1.82, 2.24) is 0 Å². The molecule has 6 heteroatoms. The molecular formula is C24H20ClNO4. The number of hydrogen-bond donors (Lipinski definition) is 1. The average Bonchev–Trinajstić information content (AvgIpc) is 3.30. The first-order valence-electron chi connectivity index (χ1n) is 9.52. The monoisotopic (exact) mass is 421 g/mol. The first-order valence-corrected chi connectivity index (χ1v) is 9.89. The summed E-state index contributed by atoms with van der Waals surface area (Å²) in [6, 6.07) is 16.1. The Morgan fingerprint density at radius 3 is 2.73 bits per heavy atom. The second-order valence-electron chi connectivity index (χ2n) is 7.33. The number of carbonyl (C=O) groups is 2. The maximum absolute atomic E-state index is 13.3. The number of benzene rings is 2. The quantitative estimate of drug-likeness (QED) is 0.588. The third kappa shape index (κ3) is 3.70. The van der Waals surface area contributed by atoms with Gasteiger partial charge in [-0.15, -0.1) is 0 Å². The highest BCUT2D eigenvalue weighted by Gasteiger charge is 2.50. The summed E-state index contributed by atoms with van der Waals surface area (Å²) in [5, 5.41) is 11.7. The van der Waals surface area contributed by atoms with Gasteiger partial charge < -0.3 is 14.4 Å². The fourth-order valence-electron chi connectivity index (χ4n) is 3.68. The van der Waals surface area contributed by atoms with Crippen molar-refractivity contribution in [1.29, 1.82) is 0 Å². The van der Waals surface area contributed by atoms with Crippen LogP contribution < -0.4 is 4.90 Å². The number of ketones is 1. The molecule has 1 N–H and O–H groups in total. The molecular weight excluding hydrogens is 402 g/mol. The molecule has 1 aromatic heterocycles. The number of furan rings is 1. The Kier molecular flexibility index (Phi) is 5.33. The molecule has 2 aromatic carbocycles. The predicted molar refractivity (Wildman–Crippen MR) is 115 cm³/mol. The zero-order valence-electron chi connectivity index (χ0n) is 16.3. The van der Waals surface area contributed by atoms with Crippen LogP contribution in [-0.2, 0) is 21.7 Å². The number of carbonyl (C=O) groups excluding carboxylic acids is 2. The van der Waals surface area contributed by atoms with E-state index >= 15 is 0 Å². The largest absolute Gasteiger partial charge is 0.465 e. The molecule has 0 aliphatic carbocycles. The Morgan fingerprint density at radius 1 is 1.20 bits per heavy atom. The van der Waals surface area contributed by atoms with Crippen molar-refractivity contribution in [2.24, 2.45) is 0 Å². The highest BCUT2D eigenvalue weighted by Crippen LogP contribution is 2.44. The summed E-state index contributed by atoms with van der Waals surface area (Å²) in [6.07, 6.45) is 3.92. The molecule has 2 heterocycles. The second kappa shape index (κ2) is 7.94. The molecule has 0 fully saturated rings. The van der Waals surface area contributed by atoms with Crippen molar-refractivity contribution in [3.63, 3.8) is 0 Å². The van der Waals surface area contributed by atoms with Gasteiger partial charge in [-0.1, -0.05) is 35.9 Å². The standard InChI is InChI=1S/C24H20ClNO4/c1-16-5-2-3-6-17(16)15-26-22-11-8-18(25)13-21(22)24(29,23(26)28)14-19(27)9-10-20-7-4-12-30-20/h2-13,29H,14-15H2,1H3/b10-9-/t24-/m0/s1. The molecule has 4 rings (SSSR count). The van der Waals surface area contributed by atoms with Crippen molar-refractivity contribution in [3.8, 4) is 0 Å². The molecule has 0 saturated heterocycles. The van der Waals surface area contributed by atoms with Gasteiger partial charge in [0, 0.05) is 10.6 Å². The predicted octanol–water partition coefficient (Wildman–Crippen LogP) is 4.65. The number of rotatable bonds is 6. The van der Waals surface area contributed by atoms with E-state index in [9.17, 15) is 14.7 Å². The molecule has 1 aliphatic heterocycles. The Balaban J connectivity index is 1.66. The number of allylic oxidation sites excluding steroid dienone is 1. The van der Waals surface area contributed by atoms with E-state index in [4.69, 9.17) is 16.0 Å². The molecule has 0 bridgehead atoms. The van der Waals surface area contributed by atoms with Crippen LogP contribution in [0.3, 0.4) is 0 Å². The lowest BCUT2D eigenvalue weighted by molar-refractivity contribution is -0.140. The molecule has 1 aliphatic rings. The maximum Gasteiger partial charge on any atom is 0.264 e. The molecule has 152 valence electrons. The lowest BCUT2D eigenvalue weighted by Gasteiger charge is -2.23. The van der Waals surface area contributed by atoms with E-state index in [0.717, 1.165) is 11.1 Å². The summed E-state index contributed by atoms with van der Waals surface area (Å²) < 4.78 is 5.17. The fraction of sp³-hybridized carbons (Fsp3) is 0.167. The van der Waals surface area contributed by atoms with Crippen molar-refractivity contribution >= 4 is 35.1 Å². The number of fused-ring (bicyclic) bond motifs is 1. The molecule has 5 nitrogen and oxygen atoms in total. The zero-order chi connectivity index (χ0) is 21.3. The van der Waals surface area contributed by atoms with Gasteiger partial charge in [-0.2, -0.15) is 0 Å². The smallest absolute Gasteiger partial charge is 0.264 e. The minimum Gasteiger partial charge on any atom is -0.465 e. The van der Waals surface area contributed by atoms with E-state index in [1.165, 1.54) is 23.3 Å². The van der Waals surface area contributed by atoms with Crippen LogP contribution in [0.15, 0.2) is 71.4 Å². The van der Waals surface area contributed by atoms with Gasteiger partial charge in [-0.05, 0) is 60.5 Å². The molecule has 3 aromatic rings. The number of hydrogen-bond acceptors (Lipinski definition) is 4. The average molecular weight is 422 g/mol. The summed E-state index contributed by atoms with van der Waals surface area (Å²) in [5.74, 6) is -0.425. The normalized spacial score (nSPS) is 18.2. The van der Waals surface area contributed by atoms with Gasteiger partial charge in [-0.3, -0.25) is 9.59 Å². The third-order valence-corrected chi connectivity index (χ3v) is 5.53. The summed E-state index contributed by atoms with van der Waals surface area (Å²) in [6.45, 7) is 2.26.